The van der Waals surface area contributed by atoms with Gasteiger partial charge in [-0.25, -0.2) is 8.42 Å². The largest absolute Gasteiger partial charge is 0.495 e. The first-order chi connectivity index (χ1) is 13.3. The SMILES string of the molecule is COc1ccc(NC(=O)CN2CCN(S(=O)(=O)c3ccc(Cl)s3)CC2)cc1Cl. The molecule has 0 unspecified atom stereocenters. The maximum atomic E-state index is 12.6. The number of nitrogens with zero attached hydrogens (tertiary/aromatic N) is 2. The summed E-state index contributed by atoms with van der Waals surface area (Å²) in [5.74, 6) is 0.339. The van der Waals surface area contributed by atoms with E-state index in [4.69, 9.17) is 27.9 Å². The van der Waals surface area contributed by atoms with Crippen molar-refractivity contribution in [1.82, 2.24) is 9.21 Å². The van der Waals surface area contributed by atoms with Crippen LogP contribution in [0.5, 0.6) is 5.75 Å². The fourth-order valence-corrected chi connectivity index (χ4v) is 6.16. The fraction of sp³-hybridized carbons (Fsp3) is 0.353. The van der Waals surface area contributed by atoms with E-state index in [-0.39, 0.29) is 16.7 Å². The third kappa shape index (κ3) is 4.97. The lowest BCUT2D eigenvalue weighted by Gasteiger charge is -2.33. The van der Waals surface area contributed by atoms with Gasteiger partial charge in [0.2, 0.25) is 5.91 Å². The minimum absolute atomic E-state index is 0.169. The number of carbonyl (C=O) groups is 1. The van der Waals surface area contributed by atoms with Crippen LogP contribution in [0.15, 0.2) is 34.5 Å². The maximum absolute atomic E-state index is 12.6. The van der Waals surface area contributed by atoms with Crippen molar-refractivity contribution >= 4 is 56.2 Å². The lowest BCUT2D eigenvalue weighted by atomic mass is 10.3. The van der Waals surface area contributed by atoms with E-state index in [0.717, 1.165) is 11.3 Å². The van der Waals surface area contributed by atoms with Gasteiger partial charge in [-0.3, -0.25) is 9.69 Å². The molecule has 1 amide bonds. The molecule has 1 aromatic carbocycles. The van der Waals surface area contributed by atoms with Crippen LogP contribution in [0.3, 0.4) is 0 Å². The molecule has 0 aliphatic carbocycles. The van der Waals surface area contributed by atoms with Crippen molar-refractivity contribution in [3.05, 3.63) is 39.7 Å². The van der Waals surface area contributed by atoms with E-state index in [9.17, 15) is 13.2 Å². The Morgan fingerprint density at radius 2 is 1.89 bits per heavy atom. The van der Waals surface area contributed by atoms with Gasteiger partial charge in [0, 0.05) is 31.9 Å². The standard InChI is InChI=1S/C17H19Cl2N3O4S2/c1-26-14-3-2-12(10-13(14)18)20-16(23)11-21-6-8-22(9-7-21)28(24,25)17-5-4-15(19)27-17/h2-5,10H,6-9,11H2,1H3,(H,20,23). The number of rotatable bonds is 6. The summed E-state index contributed by atoms with van der Waals surface area (Å²) >= 11 is 12.9. The molecule has 1 aromatic heterocycles. The number of sulfonamides is 1. The number of halogens is 2. The molecule has 11 heteroatoms. The molecular weight excluding hydrogens is 445 g/mol. The number of hydrogen-bond acceptors (Lipinski definition) is 6. The Morgan fingerprint density at radius 1 is 1.18 bits per heavy atom. The Bertz CT molecular complexity index is 957. The molecule has 1 aliphatic rings. The Kier molecular flexibility index (Phi) is 6.85. The molecule has 2 aromatic rings. The Labute approximate surface area is 177 Å². The summed E-state index contributed by atoms with van der Waals surface area (Å²) in [4.78, 5) is 14.2. The first-order valence-electron chi connectivity index (χ1n) is 8.41. The number of nitrogens with one attached hydrogen (secondary N) is 1. The first-order valence-corrected chi connectivity index (χ1v) is 11.4. The number of amides is 1. The van der Waals surface area contributed by atoms with E-state index in [1.54, 1.807) is 24.3 Å². The highest BCUT2D eigenvalue weighted by atomic mass is 35.5. The molecule has 152 valence electrons. The summed E-state index contributed by atoms with van der Waals surface area (Å²) < 4.78 is 32.4. The molecule has 28 heavy (non-hydrogen) atoms. The highest BCUT2D eigenvalue weighted by Crippen LogP contribution is 2.29. The minimum atomic E-state index is -3.54. The molecule has 0 atom stereocenters. The zero-order valence-corrected chi connectivity index (χ0v) is 18.2. The van der Waals surface area contributed by atoms with Crippen LogP contribution < -0.4 is 10.1 Å². The summed E-state index contributed by atoms with van der Waals surface area (Å²) in [7, 11) is -2.02. The number of carbonyl (C=O) groups excluding carboxylic acids is 1. The highest BCUT2D eigenvalue weighted by Gasteiger charge is 2.30. The average Bonchev–Trinajstić information content (AvgIpc) is 3.09. The number of piperazine rings is 1. The van der Waals surface area contributed by atoms with Gasteiger partial charge < -0.3 is 10.1 Å². The van der Waals surface area contributed by atoms with Crippen molar-refractivity contribution in [1.29, 1.82) is 0 Å². The van der Waals surface area contributed by atoms with E-state index >= 15 is 0 Å². The van der Waals surface area contributed by atoms with Gasteiger partial charge in [-0.2, -0.15) is 4.31 Å². The highest BCUT2D eigenvalue weighted by molar-refractivity contribution is 7.91. The number of ether oxygens (including phenoxy) is 1. The van der Waals surface area contributed by atoms with Crippen LogP contribution >= 0.6 is 34.5 Å². The van der Waals surface area contributed by atoms with Gasteiger partial charge in [-0.1, -0.05) is 23.2 Å². The number of hydrogen-bond donors (Lipinski definition) is 1. The van der Waals surface area contributed by atoms with Crippen LogP contribution in [-0.4, -0.2) is 63.4 Å². The Balaban J connectivity index is 1.52. The molecule has 0 bridgehead atoms. The molecule has 1 aliphatic heterocycles. The minimum Gasteiger partial charge on any atom is -0.495 e. The molecule has 0 saturated carbocycles. The summed E-state index contributed by atoms with van der Waals surface area (Å²) in [6, 6.07) is 8.10. The van der Waals surface area contributed by atoms with Crippen molar-refractivity contribution in [2.45, 2.75) is 4.21 Å². The van der Waals surface area contributed by atoms with Crippen molar-refractivity contribution < 1.29 is 17.9 Å². The van der Waals surface area contributed by atoms with E-state index in [2.05, 4.69) is 5.32 Å². The smallest absolute Gasteiger partial charge is 0.252 e. The molecule has 3 rings (SSSR count). The molecular formula is C17H19Cl2N3O4S2. The van der Waals surface area contributed by atoms with Crippen molar-refractivity contribution in [2.75, 3.05) is 45.2 Å². The van der Waals surface area contributed by atoms with Gasteiger partial charge in [-0.05, 0) is 30.3 Å². The predicted molar refractivity (Wildman–Crippen MR) is 111 cm³/mol. The van der Waals surface area contributed by atoms with Gasteiger partial charge in [-0.15, -0.1) is 11.3 Å². The van der Waals surface area contributed by atoms with Crippen LogP contribution in [-0.2, 0) is 14.8 Å². The molecule has 0 spiro atoms. The predicted octanol–water partition coefficient (Wildman–Crippen LogP) is 3.01. The van der Waals surface area contributed by atoms with E-state index in [1.807, 2.05) is 4.90 Å². The number of anilines is 1. The maximum Gasteiger partial charge on any atom is 0.252 e. The summed E-state index contributed by atoms with van der Waals surface area (Å²) in [5, 5.41) is 3.20. The van der Waals surface area contributed by atoms with Crippen LogP contribution in [0.2, 0.25) is 9.36 Å². The fourth-order valence-electron chi connectivity index (χ4n) is 2.84. The van der Waals surface area contributed by atoms with Gasteiger partial charge >= 0.3 is 0 Å². The second kappa shape index (κ2) is 8.98. The zero-order chi connectivity index (χ0) is 20.3. The number of thiophene rings is 1. The monoisotopic (exact) mass is 463 g/mol. The third-order valence-electron chi connectivity index (χ3n) is 4.28. The van der Waals surface area contributed by atoms with Crippen LogP contribution in [0, 0.1) is 0 Å². The van der Waals surface area contributed by atoms with E-state index in [0.29, 0.717) is 47.0 Å². The average molecular weight is 464 g/mol. The van der Waals surface area contributed by atoms with Gasteiger partial charge in [0.1, 0.15) is 9.96 Å². The van der Waals surface area contributed by atoms with Crippen LogP contribution in [0.4, 0.5) is 5.69 Å². The molecule has 2 heterocycles. The van der Waals surface area contributed by atoms with Crippen LogP contribution in [0.1, 0.15) is 0 Å². The normalized spacial score (nSPS) is 16.1. The van der Waals surface area contributed by atoms with Gasteiger partial charge in [0.05, 0.1) is 23.0 Å². The van der Waals surface area contributed by atoms with Crippen molar-refractivity contribution in [2.24, 2.45) is 0 Å². The summed E-state index contributed by atoms with van der Waals surface area (Å²) in [5.41, 5.74) is 0.576. The number of benzene rings is 1. The lowest BCUT2D eigenvalue weighted by molar-refractivity contribution is -0.117. The lowest BCUT2D eigenvalue weighted by Crippen LogP contribution is -2.50. The summed E-state index contributed by atoms with van der Waals surface area (Å²) in [6.07, 6.45) is 0. The summed E-state index contributed by atoms with van der Waals surface area (Å²) in [6.45, 7) is 1.74. The van der Waals surface area contributed by atoms with Crippen LogP contribution in [0.25, 0.3) is 0 Å². The molecule has 1 saturated heterocycles. The molecule has 1 N–H and O–H groups in total. The van der Waals surface area contributed by atoms with E-state index in [1.165, 1.54) is 17.5 Å². The third-order valence-corrected chi connectivity index (χ3v) is 8.17. The topological polar surface area (TPSA) is 79.0 Å². The Morgan fingerprint density at radius 3 is 2.46 bits per heavy atom. The first kappa shape index (κ1) is 21.4. The molecule has 0 radical (unpaired) electrons. The van der Waals surface area contributed by atoms with Crippen molar-refractivity contribution in [3.8, 4) is 5.75 Å². The van der Waals surface area contributed by atoms with Crippen molar-refractivity contribution in [3.63, 3.8) is 0 Å². The second-order valence-electron chi connectivity index (χ2n) is 6.14. The second-order valence-corrected chi connectivity index (χ2v) is 10.4. The Hall–Kier alpha value is -1.36. The number of methoxy groups -OCH3 is 1. The quantitative estimate of drug-likeness (QED) is 0.711. The van der Waals surface area contributed by atoms with E-state index < -0.39 is 10.0 Å². The molecule has 1 fully saturated rings. The zero-order valence-electron chi connectivity index (χ0n) is 15.0. The van der Waals surface area contributed by atoms with Gasteiger partial charge in [0.25, 0.3) is 10.0 Å². The van der Waals surface area contributed by atoms with Gasteiger partial charge in [0.15, 0.2) is 0 Å². The molecule has 7 nitrogen and oxygen atoms in total.